The van der Waals surface area contributed by atoms with Crippen LogP contribution in [0.2, 0.25) is 0 Å². The minimum atomic E-state index is -0.422. The predicted octanol–water partition coefficient (Wildman–Crippen LogP) is 2.29. The molecule has 6 heteroatoms. The Morgan fingerprint density at radius 3 is 2.74 bits per heavy atom. The number of methoxy groups -OCH3 is 1. The molecule has 3 N–H and O–H groups in total. The summed E-state index contributed by atoms with van der Waals surface area (Å²) in [6.07, 6.45) is 4.27. The summed E-state index contributed by atoms with van der Waals surface area (Å²) >= 11 is 0. The van der Waals surface area contributed by atoms with Crippen LogP contribution in [0.15, 0.2) is 18.2 Å². The van der Waals surface area contributed by atoms with Gasteiger partial charge in [-0.1, -0.05) is 12.8 Å². The minimum absolute atomic E-state index is 0.0197. The SMILES string of the molecule is COc1cc(NC2CCCCC2N)cc([N+](=O)[O-])c1. The second-order valence-electron chi connectivity index (χ2n) is 4.88. The fourth-order valence-electron chi connectivity index (χ4n) is 2.44. The van der Waals surface area contributed by atoms with E-state index >= 15 is 0 Å². The van der Waals surface area contributed by atoms with E-state index in [1.807, 2.05) is 0 Å². The zero-order chi connectivity index (χ0) is 13.8. The van der Waals surface area contributed by atoms with Gasteiger partial charge in [0.25, 0.3) is 5.69 Å². The van der Waals surface area contributed by atoms with E-state index in [1.54, 1.807) is 6.07 Å². The van der Waals surface area contributed by atoms with Gasteiger partial charge in [0, 0.05) is 29.9 Å². The van der Waals surface area contributed by atoms with Gasteiger partial charge >= 0.3 is 0 Å². The van der Waals surface area contributed by atoms with Gasteiger partial charge in [-0.2, -0.15) is 0 Å². The number of nitrogens with two attached hydrogens (primary N) is 1. The van der Waals surface area contributed by atoms with Crippen LogP contribution in [-0.2, 0) is 0 Å². The molecule has 0 aliphatic heterocycles. The van der Waals surface area contributed by atoms with E-state index in [0.29, 0.717) is 11.4 Å². The highest BCUT2D eigenvalue weighted by Gasteiger charge is 2.22. The maximum atomic E-state index is 10.9. The van der Waals surface area contributed by atoms with Crippen molar-refractivity contribution >= 4 is 11.4 Å². The highest BCUT2D eigenvalue weighted by molar-refractivity contribution is 5.57. The maximum Gasteiger partial charge on any atom is 0.275 e. The molecule has 0 saturated heterocycles. The Kier molecular flexibility index (Phi) is 4.21. The van der Waals surface area contributed by atoms with Crippen LogP contribution in [0.4, 0.5) is 11.4 Å². The van der Waals surface area contributed by atoms with Crippen LogP contribution in [-0.4, -0.2) is 24.1 Å². The summed E-state index contributed by atoms with van der Waals surface area (Å²) in [7, 11) is 1.50. The van der Waals surface area contributed by atoms with Crippen LogP contribution in [0, 0.1) is 10.1 Å². The summed E-state index contributed by atoms with van der Waals surface area (Å²) in [5, 5.41) is 14.2. The van der Waals surface area contributed by atoms with E-state index in [9.17, 15) is 10.1 Å². The molecule has 1 aliphatic rings. The topological polar surface area (TPSA) is 90.4 Å². The number of rotatable bonds is 4. The van der Waals surface area contributed by atoms with Gasteiger partial charge < -0.3 is 15.8 Å². The van der Waals surface area contributed by atoms with Crippen molar-refractivity contribution in [2.45, 2.75) is 37.8 Å². The lowest BCUT2D eigenvalue weighted by atomic mass is 9.91. The lowest BCUT2D eigenvalue weighted by Gasteiger charge is -2.30. The zero-order valence-electron chi connectivity index (χ0n) is 11.0. The molecule has 2 rings (SSSR count). The third kappa shape index (κ3) is 3.35. The number of nitro groups is 1. The first-order valence-corrected chi connectivity index (χ1v) is 6.46. The Bertz CT molecular complexity index is 464. The van der Waals surface area contributed by atoms with Crippen LogP contribution in [0.3, 0.4) is 0 Å². The quantitative estimate of drug-likeness (QED) is 0.644. The molecule has 104 valence electrons. The molecule has 1 aromatic rings. The Balaban J connectivity index is 2.18. The number of hydrogen-bond acceptors (Lipinski definition) is 5. The number of benzene rings is 1. The van der Waals surface area contributed by atoms with Crippen molar-refractivity contribution in [3.05, 3.63) is 28.3 Å². The molecule has 1 saturated carbocycles. The maximum absolute atomic E-state index is 10.9. The van der Waals surface area contributed by atoms with Crippen molar-refractivity contribution < 1.29 is 9.66 Å². The summed E-state index contributed by atoms with van der Waals surface area (Å²) < 4.78 is 5.09. The molecule has 2 atom stereocenters. The van der Waals surface area contributed by atoms with Gasteiger partial charge in [0.1, 0.15) is 5.75 Å². The number of nitrogens with zero attached hydrogens (tertiary/aromatic N) is 1. The second kappa shape index (κ2) is 5.88. The summed E-state index contributed by atoms with van der Waals surface area (Å²) in [4.78, 5) is 10.5. The fraction of sp³-hybridized carbons (Fsp3) is 0.538. The lowest BCUT2D eigenvalue weighted by molar-refractivity contribution is -0.384. The van der Waals surface area contributed by atoms with Crippen LogP contribution in [0.25, 0.3) is 0 Å². The molecule has 1 fully saturated rings. The van der Waals surface area contributed by atoms with Crippen molar-refractivity contribution in [1.82, 2.24) is 0 Å². The van der Waals surface area contributed by atoms with Crippen LogP contribution in [0.5, 0.6) is 5.75 Å². The molecule has 0 radical (unpaired) electrons. The molecule has 0 heterocycles. The van der Waals surface area contributed by atoms with Crippen molar-refractivity contribution in [2.75, 3.05) is 12.4 Å². The van der Waals surface area contributed by atoms with Gasteiger partial charge in [-0.15, -0.1) is 0 Å². The predicted molar refractivity (Wildman–Crippen MR) is 73.5 cm³/mol. The largest absolute Gasteiger partial charge is 0.496 e. The average molecular weight is 265 g/mol. The molecule has 19 heavy (non-hydrogen) atoms. The molecule has 1 aliphatic carbocycles. The first kappa shape index (κ1) is 13.6. The van der Waals surface area contributed by atoms with E-state index in [4.69, 9.17) is 10.5 Å². The Hall–Kier alpha value is -1.82. The van der Waals surface area contributed by atoms with E-state index in [2.05, 4.69) is 5.32 Å². The molecule has 0 bridgehead atoms. The monoisotopic (exact) mass is 265 g/mol. The van der Waals surface area contributed by atoms with Gasteiger partial charge in [-0.25, -0.2) is 0 Å². The standard InChI is InChI=1S/C13H19N3O3/c1-19-11-7-9(6-10(8-11)16(17)18)15-13-5-3-2-4-12(13)14/h6-8,12-13,15H,2-5,14H2,1H3. The normalized spacial score (nSPS) is 22.8. The third-order valence-electron chi connectivity index (χ3n) is 3.51. The molecule has 0 spiro atoms. The number of nitro benzene ring substituents is 1. The molecule has 6 nitrogen and oxygen atoms in total. The summed E-state index contributed by atoms with van der Waals surface area (Å²) in [6.45, 7) is 0. The van der Waals surface area contributed by atoms with E-state index in [1.165, 1.54) is 19.2 Å². The van der Waals surface area contributed by atoms with Gasteiger partial charge in [-0.05, 0) is 12.8 Å². The van der Waals surface area contributed by atoms with Crippen molar-refractivity contribution in [3.8, 4) is 5.75 Å². The van der Waals surface area contributed by atoms with Crippen LogP contribution >= 0.6 is 0 Å². The van der Waals surface area contributed by atoms with Crippen molar-refractivity contribution in [3.63, 3.8) is 0 Å². The average Bonchev–Trinajstić information content (AvgIpc) is 2.41. The second-order valence-corrected chi connectivity index (χ2v) is 4.88. The third-order valence-corrected chi connectivity index (χ3v) is 3.51. The van der Waals surface area contributed by atoms with Gasteiger partial charge in [0.05, 0.1) is 18.1 Å². The minimum Gasteiger partial charge on any atom is -0.496 e. The fourth-order valence-corrected chi connectivity index (χ4v) is 2.44. The lowest BCUT2D eigenvalue weighted by Crippen LogP contribution is -2.42. The zero-order valence-corrected chi connectivity index (χ0v) is 11.0. The molecule has 0 aromatic heterocycles. The Morgan fingerprint density at radius 2 is 2.11 bits per heavy atom. The first-order chi connectivity index (χ1) is 9.10. The number of non-ortho nitro benzene ring substituents is 1. The number of ether oxygens (including phenoxy) is 1. The van der Waals surface area contributed by atoms with E-state index in [0.717, 1.165) is 25.7 Å². The summed E-state index contributed by atoms with van der Waals surface area (Å²) in [6, 6.07) is 4.95. The smallest absolute Gasteiger partial charge is 0.275 e. The summed E-state index contributed by atoms with van der Waals surface area (Å²) in [5.74, 6) is 0.473. The molecule has 2 unspecified atom stereocenters. The van der Waals surface area contributed by atoms with E-state index in [-0.39, 0.29) is 17.8 Å². The molecule has 0 amide bonds. The highest BCUT2D eigenvalue weighted by atomic mass is 16.6. The number of nitrogens with one attached hydrogen (secondary N) is 1. The highest BCUT2D eigenvalue weighted by Crippen LogP contribution is 2.28. The van der Waals surface area contributed by atoms with Gasteiger partial charge in [0.15, 0.2) is 0 Å². The van der Waals surface area contributed by atoms with E-state index < -0.39 is 4.92 Å². The van der Waals surface area contributed by atoms with Crippen molar-refractivity contribution in [1.29, 1.82) is 0 Å². The first-order valence-electron chi connectivity index (χ1n) is 6.46. The molecular formula is C13H19N3O3. The van der Waals surface area contributed by atoms with Crippen LogP contribution < -0.4 is 15.8 Å². The van der Waals surface area contributed by atoms with Crippen molar-refractivity contribution in [2.24, 2.45) is 5.73 Å². The molecular weight excluding hydrogens is 246 g/mol. The van der Waals surface area contributed by atoms with Gasteiger partial charge in [0.2, 0.25) is 0 Å². The number of hydrogen-bond donors (Lipinski definition) is 2. The summed E-state index contributed by atoms with van der Waals surface area (Å²) in [5.41, 5.74) is 6.78. The Labute approximate surface area is 112 Å². The van der Waals surface area contributed by atoms with Crippen LogP contribution in [0.1, 0.15) is 25.7 Å². The number of anilines is 1. The molecule has 1 aromatic carbocycles. The van der Waals surface area contributed by atoms with Gasteiger partial charge in [-0.3, -0.25) is 10.1 Å². The Morgan fingerprint density at radius 1 is 1.37 bits per heavy atom.